The van der Waals surface area contributed by atoms with Crippen LogP contribution in [-0.4, -0.2) is 22.4 Å². The van der Waals surface area contributed by atoms with Gasteiger partial charge in [0.05, 0.1) is 0 Å². The summed E-state index contributed by atoms with van der Waals surface area (Å²) in [5, 5.41) is 3.11. The highest BCUT2D eigenvalue weighted by Gasteiger charge is 2.25. The maximum absolute atomic E-state index is 12.0. The van der Waals surface area contributed by atoms with Crippen molar-refractivity contribution in [3.8, 4) is 0 Å². The standard InChI is InChI=1S/C12H17ClN4O/c13-10-5-11(16-7-15-10)17-12(18)9-3-1-8(6-14)2-4-9/h5,7-9H,1-4,6,14H2,(H,15,16,17,18). The first kappa shape index (κ1) is 13.2. The van der Waals surface area contributed by atoms with Gasteiger partial charge in [-0.05, 0) is 38.1 Å². The molecule has 0 radical (unpaired) electrons. The molecule has 5 nitrogen and oxygen atoms in total. The topological polar surface area (TPSA) is 80.9 Å². The second-order valence-electron chi connectivity index (χ2n) is 4.67. The van der Waals surface area contributed by atoms with E-state index in [9.17, 15) is 4.79 Å². The van der Waals surface area contributed by atoms with E-state index in [4.69, 9.17) is 17.3 Å². The lowest BCUT2D eigenvalue weighted by atomic mass is 9.81. The minimum atomic E-state index is 0.0141. The minimum Gasteiger partial charge on any atom is -0.330 e. The molecule has 1 aromatic heterocycles. The maximum atomic E-state index is 12.0. The average molecular weight is 269 g/mol. The molecule has 0 atom stereocenters. The van der Waals surface area contributed by atoms with E-state index in [0.29, 0.717) is 16.9 Å². The van der Waals surface area contributed by atoms with Gasteiger partial charge in [0.2, 0.25) is 5.91 Å². The highest BCUT2D eigenvalue weighted by Crippen LogP contribution is 2.28. The summed E-state index contributed by atoms with van der Waals surface area (Å²) < 4.78 is 0. The number of hydrogen-bond donors (Lipinski definition) is 2. The number of carbonyl (C=O) groups excluding carboxylic acids is 1. The highest BCUT2D eigenvalue weighted by molar-refractivity contribution is 6.29. The molecule has 0 aromatic carbocycles. The normalized spacial score (nSPS) is 23.7. The molecule has 1 amide bonds. The molecule has 0 saturated heterocycles. The average Bonchev–Trinajstić information content (AvgIpc) is 2.39. The van der Waals surface area contributed by atoms with Crippen molar-refractivity contribution in [3.63, 3.8) is 0 Å². The van der Waals surface area contributed by atoms with Gasteiger partial charge in [0.15, 0.2) is 0 Å². The molecule has 18 heavy (non-hydrogen) atoms. The molecule has 1 aromatic rings. The van der Waals surface area contributed by atoms with Gasteiger partial charge in [-0.3, -0.25) is 4.79 Å². The summed E-state index contributed by atoms with van der Waals surface area (Å²) in [6.45, 7) is 0.718. The SMILES string of the molecule is NCC1CCC(C(=O)Nc2cc(Cl)ncn2)CC1. The van der Waals surface area contributed by atoms with Gasteiger partial charge in [-0.25, -0.2) is 9.97 Å². The van der Waals surface area contributed by atoms with Crippen molar-refractivity contribution in [3.05, 3.63) is 17.5 Å². The number of nitrogens with two attached hydrogens (primary N) is 1. The number of nitrogens with zero attached hydrogens (tertiary/aromatic N) is 2. The summed E-state index contributed by atoms with van der Waals surface area (Å²) in [4.78, 5) is 19.8. The van der Waals surface area contributed by atoms with E-state index in [1.807, 2.05) is 0 Å². The minimum absolute atomic E-state index is 0.0141. The van der Waals surface area contributed by atoms with E-state index in [1.54, 1.807) is 6.07 Å². The van der Waals surface area contributed by atoms with Gasteiger partial charge in [0, 0.05) is 12.0 Å². The highest BCUT2D eigenvalue weighted by atomic mass is 35.5. The van der Waals surface area contributed by atoms with E-state index in [2.05, 4.69) is 15.3 Å². The van der Waals surface area contributed by atoms with E-state index in [1.165, 1.54) is 6.33 Å². The molecular weight excluding hydrogens is 252 g/mol. The van der Waals surface area contributed by atoms with Gasteiger partial charge in [-0.15, -0.1) is 0 Å². The van der Waals surface area contributed by atoms with Crippen molar-refractivity contribution in [2.45, 2.75) is 25.7 Å². The fraction of sp³-hybridized carbons (Fsp3) is 0.583. The zero-order valence-electron chi connectivity index (χ0n) is 10.1. The van der Waals surface area contributed by atoms with E-state index < -0.39 is 0 Å². The molecule has 1 aliphatic carbocycles. The Kier molecular flexibility index (Phi) is 4.49. The number of rotatable bonds is 3. The Morgan fingerprint density at radius 1 is 1.39 bits per heavy atom. The van der Waals surface area contributed by atoms with Crippen molar-refractivity contribution in [2.75, 3.05) is 11.9 Å². The molecule has 1 heterocycles. The van der Waals surface area contributed by atoms with Gasteiger partial charge in [-0.1, -0.05) is 11.6 Å². The third kappa shape index (κ3) is 3.40. The Hall–Kier alpha value is -1.20. The van der Waals surface area contributed by atoms with Gasteiger partial charge in [0.1, 0.15) is 17.3 Å². The van der Waals surface area contributed by atoms with Gasteiger partial charge in [0.25, 0.3) is 0 Å². The van der Waals surface area contributed by atoms with E-state index >= 15 is 0 Å². The van der Waals surface area contributed by atoms with Crippen LogP contribution in [-0.2, 0) is 4.79 Å². The van der Waals surface area contributed by atoms with Crippen molar-refractivity contribution in [2.24, 2.45) is 17.6 Å². The third-order valence-electron chi connectivity index (χ3n) is 3.44. The summed E-state index contributed by atoms with van der Waals surface area (Å²) in [5.74, 6) is 1.10. The quantitative estimate of drug-likeness (QED) is 0.820. The molecule has 3 N–H and O–H groups in total. The van der Waals surface area contributed by atoms with Crippen LogP contribution in [0.4, 0.5) is 5.82 Å². The molecule has 0 bridgehead atoms. The zero-order chi connectivity index (χ0) is 13.0. The Morgan fingerprint density at radius 3 is 2.72 bits per heavy atom. The number of amides is 1. The van der Waals surface area contributed by atoms with Crippen LogP contribution in [0.5, 0.6) is 0 Å². The first-order chi connectivity index (χ1) is 8.69. The van der Waals surface area contributed by atoms with Crippen LogP contribution >= 0.6 is 11.6 Å². The van der Waals surface area contributed by atoms with Crippen LogP contribution in [0.3, 0.4) is 0 Å². The smallest absolute Gasteiger partial charge is 0.228 e. The third-order valence-corrected chi connectivity index (χ3v) is 3.64. The summed E-state index contributed by atoms with van der Waals surface area (Å²) >= 11 is 5.74. The van der Waals surface area contributed by atoms with Crippen molar-refractivity contribution in [1.82, 2.24) is 9.97 Å². The number of anilines is 1. The van der Waals surface area contributed by atoms with Gasteiger partial charge in [-0.2, -0.15) is 0 Å². The fourth-order valence-electron chi connectivity index (χ4n) is 2.29. The van der Waals surface area contributed by atoms with E-state index in [0.717, 1.165) is 32.2 Å². The van der Waals surface area contributed by atoms with Crippen LogP contribution in [0, 0.1) is 11.8 Å². The fourth-order valence-corrected chi connectivity index (χ4v) is 2.44. The number of hydrogen-bond acceptors (Lipinski definition) is 4. The Balaban J connectivity index is 1.89. The first-order valence-electron chi connectivity index (χ1n) is 6.17. The lowest BCUT2D eigenvalue weighted by molar-refractivity contribution is -0.121. The van der Waals surface area contributed by atoms with Crippen LogP contribution in [0.25, 0.3) is 0 Å². The number of nitrogens with one attached hydrogen (secondary N) is 1. The molecule has 1 aliphatic rings. The Morgan fingerprint density at radius 2 is 2.11 bits per heavy atom. The monoisotopic (exact) mass is 268 g/mol. The lowest BCUT2D eigenvalue weighted by Gasteiger charge is -2.26. The number of halogens is 1. The lowest BCUT2D eigenvalue weighted by Crippen LogP contribution is -2.29. The van der Waals surface area contributed by atoms with Gasteiger partial charge < -0.3 is 11.1 Å². The molecular formula is C12H17ClN4O. The second kappa shape index (κ2) is 6.11. The Bertz CT molecular complexity index is 418. The van der Waals surface area contributed by atoms with E-state index in [-0.39, 0.29) is 11.8 Å². The molecule has 2 rings (SSSR count). The van der Waals surface area contributed by atoms with Crippen molar-refractivity contribution < 1.29 is 4.79 Å². The van der Waals surface area contributed by atoms with Crippen LogP contribution in [0.15, 0.2) is 12.4 Å². The summed E-state index contributed by atoms with van der Waals surface area (Å²) in [6, 6.07) is 1.55. The van der Waals surface area contributed by atoms with Crippen LogP contribution < -0.4 is 11.1 Å². The summed E-state index contributed by atoms with van der Waals surface area (Å²) in [5.41, 5.74) is 5.63. The zero-order valence-corrected chi connectivity index (χ0v) is 10.9. The summed E-state index contributed by atoms with van der Waals surface area (Å²) in [6.07, 6.45) is 5.18. The Labute approximate surface area is 111 Å². The van der Waals surface area contributed by atoms with Crippen LogP contribution in [0.2, 0.25) is 5.15 Å². The molecule has 0 aliphatic heterocycles. The second-order valence-corrected chi connectivity index (χ2v) is 5.06. The molecule has 0 spiro atoms. The molecule has 1 fully saturated rings. The van der Waals surface area contributed by atoms with Crippen molar-refractivity contribution in [1.29, 1.82) is 0 Å². The predicted molar refractivity (Wildman–Crippen MR) is 70.2 cm³/mol. The van der Waals surface area contributed by atoms with Crippen molar-refractivity contribution >= 4 is 23.3 Å². The largest absolute Gasteiger partial charge is 0.330 e. The molecule has 1 saturated carbocycles. The molecule has 6 heteroatoms. The molecule has 98 valence electrons. The number of carbonyl (C=O) groups is 1. The first-order valence-corrected chi connectivity index (χ1v) is 6.55. The predicted octanol–water partition coefficient (Wildman–Crippen LogP) is 1.83. The number of aromatic nitrogens is 2. The summed E-state index contributed by atoms with van der Waals surface area (Å²) in [7, 11) is 0. The van der Waals surface area contributed by atoms with Gasteiger partial charge >= 0.3 is 0 Å². The molecule has 0 unspecified atom stereocenters. The van der Waals surface area contributed by atoms with Crippen LogP contribution in [0.1, 0.15) is 25.7 Å². The maximum Gasteiger partial charge on any atom is 0.228 e.